The van der Waals surface area contributed by atoms with Gasteiger partial charge in [0.2, 0.25) is 0 Å². The van der Waals surface area contributed by atoms with Gasteiger partial charge in [0.15, 0.2) is 5.82 Å². The molecular formula is C22H24FN5O2. The van der Waals surface area contributed by atoms with Crippen LogP contribution in [-0.2, 0) is 6.54 Å². The highest BCUT2D eigenvalue weighted by atomic mass is 19.1. The molecule has 0 saturated carbocycles. The molecule has 1 N–H and O–H groups in total. The summed E-state index contributed by atoms with van der Waals surface area (Å²) >= 11 is 0. The third-order valence-corrected chi connectivity index (χ3v) is 5.44. The van der Waals surface area contributed by atoms with Crippen LogP contribution < -0.4 is 15.8 Å². The number of anilines is 2. The molecule has 7 nitrogen and oxygen atoms in total. The van der Waals surface area contributed by atoms with Crippen LogP contribution in [0.2, 0.25) is 0 Å². The molecular weight excluding hydrogens is 385 g/mol. The second kappa shape index (κ2) is 8.14. The van der Waals surface area contributed by atoms with Crippen molar-refractivity contribution in [1.82, 2.24) is 14.5 Å². The lowest BCUT2D eigenvalue weighted by Crippen LogP contribution is -2.51. The molecule has 2 amide bonds. The molecule has 1 fully saturated rings. The van der Waals surface area contributed by atoms with Crippen molar-refractivity contribution in [3.63, 3.8) is 0 Å². The third kappa shape index (κ3) is 3.72. The predicted molar refractivity (Wildman–Crippen MR) is 116 cm³/mol. The van der Waals surface area contributed by atoms with Crippen molar-refractivity contribution in [2.45, 2.75) is 20.4 Å². The number of hydrogen-bond acceptors (Lipinski definition) is 4. The zero-order chi connectivity index (χ0) is 21.3. The zero-order valence-corrected chi connectivity index (χ0v) is 17.1. The number of amides is 2. The van der Waals surface area contributed by atoms with Crippen molar-refractivity contribution < 1.29 is 9.18 Å². The molecule has 2 heterocycles. The van der Waals surface area contributed by atoms with Crippen LogP contribution in [0, 0.1) is 12.7 Å². The number of urea groups is 1. The number of carbonyl (C=O) groups excluding carboxylic acids is 1. The maximum absolute atomic E-state index is 13.7. The zero-order valence-electron chi connectivity index (χ0n) is 17.1. The number of aromatic nitrogens is 2. The van der Waals surface area contributed by atoms with Gasteiger partial charge in [-0.25, -0.2) is 14.2 Å². The molecule has 2 aromatic carbocycles. The van der Waals surface area contributed by atoms with E-state index in [2.05, 4.69) is 10.3 Å². The minimum atomic E-state index is -0.354. The highest BCUT2D eigenvalue weighted by Gasteiger charge is 2.24. The van der Waals surface area contributed by atoms with Gasteiger partial charge in [0, 0.05) is 38.4 Å². The number of rotatable bonds is 3. The van der Waals surface area contributed by atoms with Crippen LogP contribution in [0.3, 0.4) is 0 Å². The number of fused-ring (bicyclic) bond motifs is 1. The van der Waals surface area contributed by atoms with Crippen molar-refractivity contribution >= 4 is 28.6 Å². The lowest BCUT2D eigenvalue weighted by atomic mass is 10.2. The fraction of sp³-hybridized carbons (Fsp3) is 0.318. The van der Waals surface area contributed by atoms with Gasteiger partial charge in [0.25, 0.3) is 5.56 Å². The molecule has 0 bridgehead atoms. The summed E-state index contributed by atoms with van der Waals surface area (Å²) in [7, 11) is 0. The van der Waals surface area contributed by atoms with E-state index in [1.165, 1.54) is 6.07 Å². The molecule has 1 aromatic heterocycles. The maximum atomic E-state index is 13.7. The Hall–Kier alpha value is -3.42. The molecule has 0 spiro atoms. The van der Waals surface area contributed by atoms with Crippen molar-refractivity contribution in [2.75, 3.05) is 36.4 Å². The molecule has 0 radical (unpaired) electrons. The quantitative estimate of drug-likeness (QED) is 0.721. The monoisotopic (exact) mass is 409 g/mol. The summed E-state index contributed by atoms with van der Waals surface area (Å²) in [6, 6.07) is 11.9. The minimum Gasteiger partial charge on any atom is -0.348 e. The average molecular weight is 409 g/mol. The van der Waals surface area contributed by atoms with Crippen LogP contribution in [0.5, 0.6) is 0 Å². The van der Waals surface area contributed by atoms with Gasteiger partial charge in [0.05, 0.1) is 11.0 Å². The molecule has 3 aromatic rings. The van der Waals surface area contributed by atoms with Crippen LogP contribution in [0.15, 0.2) is 47.3 Å². The Morgan fingerprint density at radius 1 is 1.13 bits per heavy atom. The van der Waals surface area contributed by atoms with E-state index in [0.717, 1.165) is 11.0 Å². The maximum Gasteiger partial charge on any atom is 0.321 e. The van der Waals surface area contributed by atoms with Gasteiger partial charge < -0.3 is 19.7 Å². The Kier molecular flexibility index (Phi) is 5.39. The molecule has 0 atom stereocenters. The van der Waals surface area contributed by atoms with Crippen molar-refractivity contribution in [3.8, 4) is 0 Å². The summed E-state index contributed by atoms with van der Waals surface area (Å²) in [5.41, 5.74) is 2.42. The van der Waals surface area contributed by atoms with E-state index in [9.17, 15) is 14.0 Å². The van der Waals surface area contributed by atoms with Gasteiger partial charge in [-0.1, -0.05) is 18.2 Å². The molecule has 30 heavy (non-hydrogen) atoms. The van der Waals surface area contributed by atoms with Crippen LogP contribution in [0.25, 0.3) is 11.0 Å². The van der Waals surface area contributed by atoms with Gasteiger partial charge in [-0.3, -0.25) is 4.79 Å². The second-order valence-electron chi connectivity index (χ2n) is 7.34. The summed E-state index contributed by atoms with van der Waals surface area (Å²) in [6.45, 7) is 6.06. The van der Waals surface area contributed by atoms with Crippen molar-refractivity contribution in [3.05, 3.63) is 64.2 Å². The van der Waals surface area contributed by atoms with Gasteiger partial charge in [-0.05, 0) is 43.7 Å². The number of nitrogens with one attached hydrogen (secondary N) is 1. The number of aryl methyl sites for hydroxylation is 2. The molecule has 4 rings (SSSR count). The van der Waals surface area contributed by atoms with Crippen LogP contribution in [0.4, 0.5) is 20.7 Å². The number of para-hydroxylation sites is 2. The standard InChI is InChI=1S/C22H24FN5O2/c1-3-28-19-7-5-4-6-18(19)25-20(21(28)29)26-10-12-27(13-11-26)22(30)24-16-9-8-15(2)17(23)14-16/h4-9,14H,3,10-13H2,1-2H3,(H,24,30). The van der Waals surface area contributed by atoms with Crippen LogP contribution in [-0.4, -0.2) is 46.7 Å². The minimum absolute atomic E-state index is 0.121. The number of halogens is 1. The first-order valence-corrected chi connectivity index (χ1v) is 10.0. The molecule has 0 unspecified atom stereocenters. The largest absolute Gasteiger partial charge is 0.348 e. The molecule has 1 aliphatic rings. The van der Waals surface area contributed by atoms with E-state index < -0.39 is 0 Å². The highest BCUT2D eigenvalue weighted by molar-refractivity contribution is 5.89. The van der Waals surface area contributed by atoms with Crippen molar-refractivity contribution in [1.29, 1.82) is 0 Å². The number of piperazine rings is 1. The SMILES string of the molecule is CCn1c(=O)c(N2CCN(C(=O)Nc3ccc(C)c(F)c3)CC2)nc2ccccc21. The first kappa shape index (κ1) is 19.9. The predicted octanol–water partition coefficient (Wildman–Crippen LogP) is 3.22. The number of hydrogen-bond donors (Lipinski definition) is 1. The second-order valence-corrected chi connectivity index (χ2v) is 7.34. The smallest absolute Gasteiger partial charge is 0.321 e. The first-order chi connectivity index (χ1) is 14.5. The Morgan fingerprint density at radius 2 is 1.87 bits per heavy atom. The fourth-order valence-electron chi connectivity index (χ4n) is 3.69. The molecule has 156 valence electrons. The van der Waals surface area contributed by atoms with Crippen LogP contribution in [0.1, 0.15) is 12.5 Å². The number of carbonyl (C=O) groups is 1. The molecule has 8 heteroatoms. The lowest BCUT2D eigenvalue weighted by molar-refractivity contribution is 0.208. The third-order valence-electron chi connectivity index (χ3n) is 5.44. The van der Waals surface area contributed by atoms with Crippen LogP contribution >= 0.6 is 0 Å². The Labute approximate surface area is 173 Å². The van der Waals surface area contributed by atoms with Gasteiger partial charge in [0.1, 0.15) is 5.82 Å². The topological polar surface area (TPSA) is 70.5 Å². The highest BCUT2D eigenvalue weighted by Crippen LogP contribution is 2.17. The Bertz CT molecular complexity index is 1150. The number of benzene rings is 2. The number of nitrogens with zero attached hydrogens (tertiary/aromatic N) is 4. The average Bonchev–Trinajstić information content (AvgIpc) is 2.76. The van der Waals surface area contributed by atoms with E-state index in [4.69, 9.17) is 0 Å². The summed E-state index contributed by atoms with van der Waals surface area (Å²) in [4.78, 5) is 33.7. The lowest BCUT2D eigenvalue weighted by Gasteiger charge is -2.35. The fourth-order valence-corrected chi connectivity index (χ4v) is 3.69. The first-order valence-electron chi connectivity index (χ1n) is 10.0. The van der Waals surface area contributed by atoms with Gasteiger partial charge in [-0.15, -0.1) is 0 Å². The summed E-state index contributed by atoms with van der Waals surface area (Å²) < 4.78 is 15.4. The summed E-state index contributed by atoms with van der Waals surface area (Å²) in [6.07, 6.45) is 0. The van der Waals surface area contributed by atoms with E-state index in [1.807, 2.05) is 36.1 Å². The van der Waals surface area contributed by atoms with E-state index in [-0.39, 0.29) is 17.4 Å². The summed E-state index contributed by atoms with van der Waals surface area (Å²) in [5, 5.41) is 2.74. The van der Waals surface area contributed by atoms with E-state index >= 15 is 0 Å². The summed E-state index contributed by atoms with van der Waals surface area (Å²) in [5.74, 6) is 0.0587. The van der Waals surface area contributed by atoms with Crippen molar-refractivity contribution in [2.24, 2.45) is 0 Å². The van der Waals surface area contributed by atoms with E-state index in [1.54, 1.807) is 28.5 Å². The molecule has 0 aliphatic carbocycles. The Balaban J connectivity index is 1.48. The molecule has 1 aliphatic heterocycles. The van der Waals surface area contributed by atoms with E-state index in [0.29, 0.717) is 49.8 Å². The normalized spacial score (nSPS) is 14.2. The van der Waals surface area contributed by atoms with Gasteiger partial charge >= 0.3 is 6.03 Å². The Morgan fingerprint density at radius 3 is 2.57 bits per heavy atom. The molecule has 1 saturated heterocycles. The van der Waals surface area contributed by atoms with Gasteiger partial charge in [-0.2, -0.15) is 0 Å².